The van der Waals surface area contributed by atoms with E-state index in [1.807, 2.05) is 0 Å². The molecule has 5 heteroatoms. The molecular formula is C11H18N4O. The number of nitrogens with one attached hydrogen (secondary N) is 3. The number of aromatic nitrogens is 2. The summed E-state index contributed by atoms with van der Waals surface area (Å²) in [6.07, 6.45) is 8.30. The normalized spacial score (nSPS) is 16.5. The monoisotopic (exact) mass is 222 g/mol. The number of H-pyrrole nitrogens is 1. The second kappa shape index (κ2) is 5.65. The zero-order valence-corrected chi connectivity index (χ0v) is 9.33. The summed E-state index contributed by atoms with van der Waals surface area (Å²) in [5, 5.41) is 6.11. The highest BCUT2D eigenvalue weighted by Gasteiger charge is 2.14. The molecule has 1 aromatic heterocycles. The smallest absolute Gasteiger partial charge is 0.234 e. The average molecular weight is 222 g/mol. The molecule has 1 aromatic rings. The molecule has 16 heavy (non-hydrogen) atoms. The van der Waals surface area contributed by atoms with Gasteiger partial charge in [-0.1, -0.05) is 12.8 Å². The number of aromatic amines is 1. The summed E-state index contributed by atoms with van der Waals surface area (Å²) < 4.78 is 0. The van der Waals surface area contributed by atoms with Gasteiger partial charge in [-0.2, -0.15) is 0 Å². The summed E-state index contributed by atoms with van der Waals surface area (Å²) in [4.78, 5) is 18.3. The number of rotatable bonds is 5. The van der Waals surface area contributed by atoms with Gasteiger partial charge in [0, 0.05) is 12.2 Å². The number of carbonyl (C=O) groups is 1. The van der Waals surface area contributed by atoms with Crippen LogP contribution in [0.3, 0.4) is 0 Å². The van der Waals surface area contributed by atoms with Crippen LogP contribution in [0, 0.1) is 0 Å². The van der Waals surface area contributed by atoms with Crippen LogP contribution in [0.1, 0.15) is 31.4 Å². The van der Waals surface area contributed by atoms with Crippen LogP contribution >= 0.6 is 0 Å². The van der Waals surface area contributed by atoms with Gasteiger partial charge in [0.1, 0.15) is 0 Å². The van der Waals surface area contributed by atoms with Crippen LogP contribution in [0.5, 0.6) is 0 Å². The second-order valence-electron chi connectivity index (χ2n) is 4.22. The standard InChI is InChI=1S/C11H18N4O/c16-11(7-13-9-3-1-2-4-9)14-6-10-5-12-8-15-10/h5,8-9,13H,1-4,6-7H2,(H,12,15)(H,14,16). The van der Waals surface area contributed by atoms with Gasteiger partial charge >= 0.3 is 0 Å². The van der Waals surface area contributed by atoms with Crippen LogP contribution in [0.25, 0.3) is 0 Å². The van der Waals surface area contributed by atoms with Crippen molar-refractivity contribution in [3.63, 3.8) is 0 Å². The maximum Gasteiger partial charge on any atom is 0.234 e. The van der Waals surface area contributed by atoms with Crippen molar-refractivity contribution in [2.45, 2.75) is 38.3 Å². The molecule has 0 bridgehead atoms. The number of hydrogen-bond acceptors (Lipinski definition) is 3. The topological polar surface area (TPSA) is 69.8 Å². The fraction of sp³-hybridized carbons (Fsp3) is 0.636. The van der Waals surface area contributed by atoms with Crippen LogP contribution in [0.15, 0.2) is 12.5 Å². The fourth-order valence-electron chi connectivity index (χ4n) is 2.00. The van der Waals surface area contributed by atoms with E-state index >= 15 is 0 Å². The zero-order valence-electron chi connectivity index (χ0n) is 9.33. The third-order valence-corrected chi connectivity index (χ3v) is 2.94. The van der Waals surface area contributed by atoms with Gasteiger partial charge in [-0.3, -0.25) is 4.79 Å². The first-order valence-corrected chi connectivity index (χ1v) is 5.82. The van der Waals surface area contributed by atoms with E-state index in [2.05, 4.69) is 20.6 Å². The Balaban J connectivity index is 1.60. The first kappa shape index (κ1) is 11.1. The molecule has 0 aromatic carbocycles. The van der Waals surface area contributed by atoms with E-state index in [-0.39, 0.29) is 5.91 Å². The minimum Gasteiger partial charge on any atom is -0.349 e. The largest absolute Gasteiger partial charge is 0.349 e. The minimum absolute atomic E-state index is 0.0431. The maximum atomic E-state index is 11.5. The molecule has 0 radical (unpaired) electrons. The highest BCUT2D eigenvalue weighted by molar-refractivity contribution is 5.77. The molecule has 0 aliphatic heterocycles. The molecule has 1 saturated carbocycles. The Morgan fingerprint density at radius 1 is 1.50 bits per heavy atom. The van der Waals surface area contributed by atoms with Gasteiger partial charge < -0.3 is 15.6 Å². The number of carbonyl (C=O) groups excluding carboxylic acids is 1. The van der Waals surface area contributed by atoms with Crippen molar-refractivity contribution in [2.24, 2.45) is 0 Å². The Kier molecular flexibility index (Phi) is 3.93. The zero-order chi connectivity index (χ0) is 11.2. The molecule has 88 valence electrons. The van der Waals surface area contributed by atoms with Crippen molar-refractivity contribution in [3.05, 3.63) is 18.2 Å². The second-order valence-corrected chi connectivity index (χ2v) is 4.22. The average Bonchev–Trinajstić information content (AvgIpc) is 2.96. The lowest BCUT2D eigenvalue weighted by Gasteiger charge is -2.11. The van der Waals surface area contributed by atoms with Crippen molar-refractivity contribution >= 4 is 5.91 Å². The van der Waals surface area contributed by atoms with E-state index in [4.69, 9.17) is 0 Å². The van der Waals surface area contributed by atoms with Gasteiger partial charge in [-0.15, -0.1) is 0 Å². The number of nitrogens with zero attached hydrogens (tertiary/aromatic N) is 1. The highest BCUT2D eigenvalue weighted by Crippen LogP contribution is 2.17. The first-order valence-electron chi connectivity index (χ1n) is 5.82. The lowest BCUT2D eigenvalue weighted by Crippen LogP contribution is -2.37. The highest BCUT2D eigenvalue weighted by atomic mass is 16.1. The van der Waals surface area contributed by atoms with Crippen molar-refractivity contribution < 1.29 is 4.79 Å². The Bertz CT molecular complexity index is 317. The summed E-state index contributed by atoms with van der Waals surface area (Å²) in [5.74, 6) is 0.0431. The predicted octanol–water partition coefficient (Wildman–Crippen LogP) is 0.558. The molecule has 5 nitrogen and oxygen atoms in total. The van der Waals surface area contributed by atoms with Gasteiger partial charge in [0.15, 0.2) is 0 Å². The van der Waals surface area contributed by atoms with Gasteiger partial charge in [-0.25, -0.2) is 4.98 Å². The van der Waals surface area contributed by atoms with Gasteiger partial charge in [0.05, 0.1) is 25.1 Å². The van der Waals surface area contributed by atoms with Crippen LogP contribution in [0.4, 0.5) is 0 Å². The fourth-order valence-corrected chi connectivity index (χ4v) is 2.00. The summed E-state index contributed by atoms with van der Waals surface area (Å²) in [7, 11) is 0. The van der Waals surface area contributed by atoms with E-state index in [1.165, 1.54) is 25.7 Å². The van der Waals surface area contributed by atoms with Crippen LogP contribution in [-0.2, 0) is 11.3 Å². The maximum absolute atomic E-state index is 11.5. The molecule has 0 atom stereocenters. The Morgan fingerprint density at radius 2 is 2.31 bits per heavy atom. The van der Waals surface area contributed by atoms with Crippen molar-refractivity contribution in [1.29, 1.82) is 0 Å². The minimum atomic E-state index is 0.0431. The van der Waals surface area contributed by atoms with E-state index in [1.54, 1.807) is 12.5 Å². The molecule has 3 N–H and O–H groups in total. The van der Waals surface area contributed by atoms with E-state index in [0.717, 1.165) is 5.69 Å². The molecule has 1 aliphatic carbocycles. The Morgan fingerprint density at radius 3 is 3.00 bits per heavy atom. The summed E-state index contributed by atoms with van der Waals surface area (Å²) in [6, 6.07) is 0.540. The molecule has 0 saturated heterocycles. The molecule has 1 amide bonds. The first-order chi connectivity index (χ1) is 7.84. The molecule has 0 unspecified atom stereocenters. The summed E-state index contributed by atoms with van der Waals surface area (Å²) in [5.41, 5.74) is 0.925. The quantitative estimate of drug-likeness (QED) is 0.681. The third kappa shape index (κ3) is 3.34. The molecule has 1 fully saturated rings. The van der Waals surface area contributed by atoms with E-state index in [9.17, 15) is 4.79 Å². The van der Waals surface area contributed by atoms with Crippen molar-refractivity contribution in [2.75, 3.05) is 6.54 Å². The number of imidazole rings is 1. The van der Waals surface area contributed by atoms with Crippen molar-refractivity contribution in [1.82, 2.24) is 20.6 Å². The Hall–Kier alpha value is -1.36. The third-order valence-electron chi connectivity index (χ3n) is 2.94. The summed E-state index contributed by atoms with van der Waals surface area (Å²) in [6.45, 7) is 0.935. The molecule has 1 aliphatic rings. The molecule has 1 heterocycles. The molecule has 0 spiro atoms. The molecular weight excluding hydrogens is 204 g/mol. The van der Waals surface area contributed by atoms with Crippen LogP contribution in [-0.4, -0.2) is 28.5 Å². The number of hydrogen-bond donors (Lipinski definition) is 3. The lowest BCUT2D eigenvalue weighted by molar-refractivity contribution is -0.120. The predicted molar refractivity (Wildman–Crippen MR) is 60.7 cm³/mol. The van der Waals surface area contributed by atoms with Crippen LogP contribution in [0.2, 0.25) is 0 Å². The van der Waals surface area contributed by atoms with E-state index < -0.39 is 0 Å². The Labute approximate surface area is 95.0 Å². The summed E-state index contributed by atoms with van der Waals surface area (Å²) >= 11 is 0. The van der Waals surface area contributed by atoms with Gasteiger partial charge in [-0.05, 0) is 12.8 Å². The van der Waals surface area contributed by atoms with Crippen LogP contribution < -0.4 is 10.6 Å². The molecule has 2 rings (SSSR count). The van der Waals surface area contributed by atoms with Crippen molar-refractivity contribution in [3.8, 4) is 0 Å². The van der Waals surface area contributed by atoms with Gasteiger partial charge in [0.25, 0.3) is 0 Å². The lowest BCUT2D eigenvalue weighted by atomic mass is 10.2. The number of amides is 1. The van der Waals surface area contributed by atoms with E-state index in [0.29, 0.717) is 19.1 Å². The SMILES string of the molecule is O=C(CNC1CCCC1)NCc1cnc[nH]1. The van der Waals surface area contributed by atoms with Gasteiger partial charge in [0.2, 0.25) is 5.91 Å².